The molecule has 2 atom stereocenters. The molecule has 0 heterocycles. The van der Waals surface area contributed by atoms with Crippen LogP contribution in [0.2, 0.25) is 0 Å². The van der Waals surface area contributed by atoms with Crippen molar-refractivity contribution < 1.29 is 19.1 Å². The molecule has 0 saturated carbocycles. The first-order valence-electron chi connectivity index (χ1n) is 8.38. The van der Waals surface area contributed by atoms with E-state index in [2.05, 4.69) is 13.8 Å². The molecule has 0 aromatic carbocycles. The topological polar surface area (TPSA) is 52.6 Å². The van der Waals surface area contributed by atoms with Gasteiger partial charge in [0.25, 0.3) is 0 Å². The predicted molar refractivity (Wildman–Crippen MR) is 84.0 cm³/mol. The SMILES string of the molecule is CCCC(C)OC(=O)CCCCCC(=O)OC(C)CCC. The van der Waals surface area contributed by atoms with Crippen LogP contribution in [0.5, 0.6) is 0 Å². The Morgan fingerprint density at radius 1 is 0.762 bits per heavy atom. The average molecular weight is 300 g/mol. The Hall–Kier alpha value is -1.06. The van der Waals surface area contributed by atoms with Gasteiger partial charge in [0, 0.05) is 12.8 Å². The summed E-state index contributed by atoms with van der Waals surface area (Å²) in [4.78, 5) is 23.1. The van der Waals surface area contributed by atoms with Crippen molar-refractivity contribution in [2.24, 2.45) is 0 Å². The molecule has 21 heavy (non-hydrogen) atoms. The molecule has 2 unspecified atom stereocenters. The molecule has 0 aliphatic heterocycles. The van der Waals surface area contributed by atoms with Gasteiger partial charge in [-0.2, -0.15) is 0 Å². The van der Waals surface area contributed by atoms with Gasteiger partial charge in [-0.15, -0.1) is 0 Å². The van der Waals surface area contributed by atoms with Crippen LogP contribution < -0.4 is 0 Å². The third kappa shape index (κ3) is 12.4. The highest BCUT2D eigenvalue weighted by molar-refractivity contribution is 5.70. The van der Waals surface area contributed by atoms with Crippen molar-refractivity contribution in [3.63, 3.8) is 0 Å². The number of esters is 2. The molecule has 0 aliphatic rings. The van der Waals surface area contributed by atoms with E-state index >= 15 is 0 Å². The standard InChI is InChI=1S/C17H32O4/c1-5-10-14(3)20-16(18)12-8-7-9-13-17(19)21-15(4)11-6-2/h14-15H,5-13H2,1-4H3. The zero-order valence-corrected chi connectivity index (χ0v) is 14.2. The number of unbranched alkanes of at least 4 members (excludes halogenated alkanes) is 2. The van der Waals surface area contributed by atoms with Crippen LogP contribution in [0, 0.1) is 0 Å². The van der Waals surface area contributed by atoms with E-state index in [0.29, 0.717) is 12.8 Å². The number of carbonyl (C=O) groups is 2. The van der Waals surface area contributed by atoms with E-state index in [0.717, 1.165) is 44.9 Å². The van der Waals surface area contributed by atoms with Gasteiger partial charge in [-0.1, -0.05) is 33.1 Å². The molecule has 0 spiro atoms. The molecular weight excluding hydrogens is 268 g/mol. The summed E-state index contributed by atoms with van der Waals surface area (Å²) in [6, 6.07) is 0. The minimum Gasteiger partial charge on any atom is -0.463 e. The van der Waals surface area contributed by atoms with E-state index in [4.69, 9.17) is 9.47 Å². The molecule has 124 valence electrons. The van der Waals surface area contributed by atoms with Crippen LogP contribution in [0.1, 0.15) is 85.5 Å². The van der Waals surface area contributed by atoms with Gasteiger partial charge in [0.2, 0.25) is 0 Å². The van der Waals surface area contributed by atoms with Crippen LogP contribution in [0.3, 0.4) is 0 Å². The smallest absolute Gasteiger partial charge is 0.306 e. The van der Waals surface area contributed by atoms with Crippen molar-refractivity contribution in [2.75, 3.05) is 0 Å². The van der Waals surface area contributed by atoms with Gasteiger partial charge in [-0.05, 0) is 39.5 Å². The summed E-state index contributed by atoms with van der Waals surface area (Å²) in [6.45, 7) is 8.00. The molecule has 4 heteroatoms. The monoisotopic (exact) mass is 300 g/mol. The van der Waals surface area contributed by atoms with Crippen molar-refractivity contribution in [3.8, 4) is 0 Å². The number of rotatable bonds is 12. The first-order valence-corrected chi connectivity index (χ1v) is 8.38. The van der Waals surface area contributed by atoms with Gasteiger partial charge in [0.05, 0.1) is 12.2 Å². The Labute approximate surface area is 129 Å². The Morgan fingerprint density at radius 3 is 1.48 bits per heavy atom. The van der Waals surface area contributed by atoms with Gasteiger partial charge in [0.15, 0.2) is 0 Å². The van der Waals surface area contributed by atoms with Crippen molar-refractivity contribution in [2.45, 2.75) is 97.7 Å². The second-order valence-corrected chi connectivity index (χ2v) is 5.74. The third-order valence-corrected chi connectivity index (χ3v) is 3.32. The normalized spacial score (nSPS) is 13.5. The minimum absolute atomic E-state index is 0.0116. The maximum absolute atomic E-state index is 11.5. The van der Waals surface area contributed by atoms with Crippen molar-refractivity contribution in [1.29, 1.82) is 0 Å². The number of ether oxygens (including phenoxy) is 2. The summed E-state index contributed by atoms with van der Waals surface area (Å²) < 4.78 is 10.5. The Kier molecular flexibility index (Phi) is 12.0. The van der Waals surface area contributed by atoms with E-state index in [-0.39, 0.29) is 24.1 Å². The molecule has 0 bridgehead atoms. The highest BCUT2D eigenvalue weighted by atomic mass is 16.5. The van der Waals surface area contributed by atoms with E-state index in [9.17, 15) is 9.59 Å². The summed E-state index contributed by atoms with van der Waals surface area (Å²) in [5.74, 6) is -0.259. The number of carbonyl (C=O) groups excluding carboxylic acids is 2. The van der Waals surface area contributed by atoms with Crippen LogP contribution in [0.4, 0.5) is 0 Å². The Morgan fingerprint density at radius 2 is 1.14 bits per heavy atom. The van der Waals surface area contributed by atoms with E-state index in [1.807, 2.05) is 13.8 Å². The van der Waals surface area contributed by atoms with Gasteiger partial charge in [0.1, 0.15) is 0 Å². The molecule has 0 N–H and O–H groups in total. The fraction of sp³-hybridized carbons (Fsp3) is 0.882. The quantitative estimate of drug-likeness (QED) is 0.396. The fourth-order valence-electron chi connectivity index (χ4n) is 2.21. The lowest BCUT2D eigenvalue weighted by Gasteiger charge is -2.12. The molecule has 0 rings (SSSR count). The van der Waals surface area contributed by atoms with Gasteiger partial charge >= 0.3 is 11.9 Å². The molecule has 0 radical (unpaired) electrons. The maximum Gasteiger partial charge on any atom is 0.306 e. The van der Waals surface area contributed by atoms with Crippen LogP contribution in [0.15, 0.2) is 0 Å². The maximum atomic E-state index is 11.5. The molecule has 0 aromatic heterocycles. The van der Waals surface area contributed by atoms with E-state index < -0.39 is 0 Å². The van der Waals surface area contributed by atoms with Gasteiger partial charge in [-0.25, -0.2) is 0 Å². The Bertz CT molecular complexity index is 261. The first-order chi connectivity index (χ1) is 9.99. The van der Waals surface area contributed by atoms with Crippen molar-refractivity contribution in [1.82, 2.24) is 0 Å². The molecule has 0 saturated heterocycles. The van der Waals surface area contributed by atoms with E-state index in [1.54, 1.807) is 0 Å². The molecule has 4 nitrogen and oxygen atoms in total. The second-order valence-electron chi connectivity index (χ2n) is 5.74. The lowest BCUT2D eigenvalue weighted by molar-refractivity contribution is -0.149. The lowest BCUT2D eigenvalue weighted by Crippen LogP contribution is -2.15. The number of hydrogen-bond acceptors (Lipinski definition) is 4. The van der Waals surface area contributed by atoms with Crippen LogP contribution >= 0.6 is 0 Å². The molecule has 0 aromatic rings. The Balaban J connectivity index is 3.54. The summed E-state index contributed by atoms with van der Waals surface area (Å²) in [7, 11) is 0. The average Bonchev–Trinajstić information content (AvgIpc) is 2.38. The highest BCUT2D eigenvalue weighted by Gasteiger charge is 2.10. The van der Waals surface area contributed by atoms with Crippen molar-refractivity contribution in [3.05, 3.63) is 0 Å². The number of hydrogen-bond donors (Lipinski definition) is 0. The second kappa shape index (κ2) is 12.7. The molecular formula is C17H32O4. The molecule has 0 fully saturated rings. The summed E-state index contributed by atoms with van der Waals surface area (Å²) in [6.07, 6.45) is 7.17. The summed E-state index contributed by atoms with van der Waals surface area (Å²) >= 11 is 0. The van der Waals surface area contributed by atoms with Gasteiger partial charge in [-0.3, -0.25) is 9.59 Å². The highest BCUT2D eigenvalue weighted by Crippen LogP contribution is 2.09. The van der Waals surface area contributed by atoms with Crippen LogP contribution in [-0.4, -0.2) is 24.1 Å². The first kappa shape index (κ1) is 19.9. The molecule has 0 amide bonds. The molecule has 0 aliphatic carbocycles. The summed E-state index contributed by atoms with van der Waals surface area (Å²) in [5.41, 5.74) is 0. The third-order valence-electron chi connectivity index (χ3n) is 3.32. The van der Waals surface area contributed by atoms with E-state index in [1.165, 1.54) is 0 Å². The van der Waals surface area contributed by atoms with Crippen LogP contribution in [0.25, 0.3) is 0 Å². The zero-order valence-electron chi connectivity index (χ0n) is 14.2. The van der Waals surface area contributed by atoms with Crippen molar-refractivity contribution >= 4 is 11.9 Å². The fourth-order valence-corrected chi connectivity index (χ4v) is 2.21. The van der Waals surface area contributed by atoms with Crippen LogP contribution in [-0.2, 0) is 19.1 Å². The predicted octanol–water partition coefficient (Wildman–Crippen LogP) is 4.40. The minimum atomic E-state index is -0.130. The largest absolute Gasteiger partial charge is 0.463 e. The lowest BCUT2D eigenvalue weighted by atomic mass is 10.1. The summed E-state index contributed by atoms with van der Waals surface area (Å²) in [5, 5.41) is 0. The van der Waals surface area contributed by atoms with Gasteiger partial charge < -0.3 is 9.47 Å². The zero-order chi connectivity index (χ0) is 16.1.